The fourth-order valence-electron chi connectivity index (χ4n) is 1.28. The van der Waals surface area contributed by atoms with E-state index in [0.717, 1.165) is 11.3 Å². The minimum atomic E-state index is -0.131. The molecule has 0 radical (unpaired) electrons. The van der Waals surface area contributed by atoms with Crippen molar-refractivity contribution in [3.8, 4) is 11.5 Å². The van der Waals surface area contributed by atoms with Gasteiger partial charge in [0.15, 0.2) is 5.82 Å². The Bertz CT molecular complexity index is 490. The van der Waals surface area contributed by atoms with Crippen LogP contribution < -0.4 is 5.73 Å². The smallest absolute Gasteiger partial charge is 0.262 e. The van der Waals surface area contributed by atoms with E-state index in [1.165, 1.54) is 11.5 Å². The summed E-state index contributed by atoms with van der Waals surface area (Å²) >= 11 is 1.24. The Balaban J connectivity index is 2.47. The topological polar surface area (TPSA) is 77.8 Å². The quantitative estimate of drug-likeness (QED) is 0.825. The number of nitrogens with two attached hydrogens (primary N) is 1. The molecule has 5 nitrogen and oxygen atoms in total. The predicted molar refractivity (Wildman–Crippen MR) is 63.3 cm³/mol. The minimum absolute atomic E-state index is 0.131. The summed E-state index contributed by atoms with van der Waals surface area (Å²) in [4.78, 5) is 4.35. The minimum Gasteiger partial charge on any atom is -0.389 e. The fourth-order valence-corrected chi connectivity index (χ4v) is 1.93. The van der Waals surface area contributed by atoms with E-state index in [0.29, 0.717) is 16.7 Å². The molecule has 6 heteroatoms. The lowest BCUT2D eigenvalue weighted by molar-refractivity contribution is 0.402. The molecule has 2 heterocycles. The first kappa shape index (κ1) is 11.1. The molecule has 0 aliphatic heterocycles. The molecule has 0 saturated carbocycles. The van der Waals surface area contributed by atoms with E-state index in [1.54, 1.807) is 0 Å². The second-order valence-electron chi connectivity index (χ2n) is 4.68. The Kier molecular flexibility index (Phi) is 2.46. The van der Waals surface area contributed by atoms with E-state index in [9.17, 15) is 0 Å². The van der Waals surface area contributed by atoms with E-state index in [-0.39, 0.29) is 5.41 Å². The molecule has 0 saturated heterocycles. The van der Waals surface area contributed by atoms with Crippen LogP contribution in [0.5, 0.6) is 0 Å². The van der Waals surface area contributed by atoms with E-state index >= 15 is 0 Å². The predicted octanol–water partition coefficient (Wildman–Crippen LogP) is 2.38. The first-order valence-corrected chi connectivity index (χ1v) is 5.73. The molecular weight excluding hydrogens is 224 g/mol. The normalized spacial score (nSPS) is 12.0. The van der Waals surface area contributed by atoms with Gasteiger partial charge in [-0.15, -0.1) is 0 Å². The number of hydrogen-bond donors (Lipinski definition) is 1. The van der Waals surface area contributed by atoms with Gasteiger partial charge in [-0.05, 0) is 18.5 Å². The molecule has 0 aliphatic carbocycles. The largest absolute Gasteiger partial charge is 0.389 e. The lowest BCUT2D eigenvalue weighted by atomic mass is 9.96. The van der Waals surface area contributed by atoms with Crippen LogP contribution in [0.2, 0.25) is 0 Å². The molecule has 86 valence electrons. The summed E-state index contributed by atoms with van der Waals surface area (Å²) in [5.74, 6) is 1.13. The van der Waals surface area contributed by atoms with Crippen molar-refractivity contribution in [1.29, 1.82) is 0 Å². The lowest BCUT2D eigenvalue weighted by Gasteiger charge is -2.10. The summed E-state index contributed by atoms with van der Waals surface area (Å²) in [6.45, 7) is 7.97. The van der Waals surface area contributed by atoms with Crippen molar-refractivity contribution in [2.45, 2.75) is 33.1 Å². The van der Waals surface area contributed by atoms with Crippen molar-refractivity contribution < 1.29 is 4.52 Å². The number of rotatable bonds is 1. The van der Waals surface area contributed by atoms with Gasteiger partial charge < -0.3 is 10.3 Å². The fraction of sp³-hybridized carbons (Fsp3) is 0.500. The monoisotopic (exact) mass is 238 g/mol. The Hall–Kier alpha value is -1.43. The molecule has 2 rings (SSSR count). The van der Waals surface area contributed by atoms with Crippen LogP contribution in [-0.4, -0.2) is 14.5 Å². The molecule has 0 aromatic carbocycles. The third kappa shape index (κ3) is 1.80. The van der Waals surface area contributed by atoms with Crippen molar-refractivity contribution in [2.75, 3.05) is 5.73 Å². The maximum atomic E-state index is 5.82. The Morgan fingerprint density at radius 3 is 2.44 bits per heavy atom. The van der Waals surface area contributed by atoms with Crippen LogP contribution in [0, 0.1) is 6.92 Å². The average Bonchev–Trinajstić information content (AvgIpc) is 2.72. The lowest BCUT2D eigenvalue weighted by Crippen LogP contribution is -2.13. The summed E-state index contributed by atoms with van der Waals surface area (Å²) in [5, 5.41) is 4.57. The van der Waals surface area contributed by atoms with Crippen molar-refractivity contribution in [3.05, 3.63) is 11.5 Å². The molecule has 0 bridgehead atoms. The number of nitrogen functional groups attached to an aromatic ring is 1. The van der Waals surface area contributed by atoms with Crippen LogP contribution in [0.1, 0.15) is 32.3 Å². The Labute approximate surface area is 97.8 Å². The Morgan fingerprint density at radius 2 is 2.00 bits per heavy atom. The molecule has 2 aromatic rings. The summed E-state index contributed by atoms with van der Waals surface area (Å²) in [6.07, 6.45) is 0. The molecule has 2 N–H and O–H groups in total. The van der Waals surface area contributed by atoms with Crippen LogP contribution in [0.15, 0.2) is 4.52 Å². The molecule has 0 fully saturated rings. The summed E-state index contributed by atoms with van der Waals surface area (Å²) in [6, 6.07) is 0. The van der Waals surface area contributed by atoms with Gasteiger partial charge in [-0.1, -0.05) is 25.9 Å². The highest BCUT2D eigenvalue weighted by Gasteiger charge is 2.23. The third-order valence-electron chi connectivity index (χ3n) is 2.20. The van der Waals surface area contributed by atoms with Gasteiger partial charge in [0.25, 0.3) is 5.89 Å². The maximum absolute atomic E-state index is 5.82. The van der Waals surface area contributed by atoms with Crippen molar-refractivity contribution in [1.82, 2.24) is 14.5 Å². The van der Waals surface area contributed by atoms with E-state index in [2.05, 4.69) is 14.5 Å². The van der Waals surface area contributed by atoms with Crippen LogP contribution >= 0.6 is 11.5 Å². The zero-order chi connectivity index (χ0) is 11.9. The van der Waals surface area contributed by atoms with Crippen LogP contribution in [0.25, 0.3) is 11.5 Å². The van der Waals surface area contributed by atoms with Gasteiger partial charge in [0.2, 0.25) is 0 Å². The Morgan fingerprint density at radius 1 is 1.31 bits per heavy atom. The SMILES string of the molecule is Cc1nsc(N)c1-c1nc(C(C)(C)C)no1. The number of nitrogens with zero attached hydrogens (tertiary/aromatic N) is 3. The second-order valence-corrected chi connectivity index (χ2v) is 5.49. The highest BCUT2D eigenvalue weighted by molar-refractivity contribution is 7.10. The highest BCUT2D eigenvalue weighted by atomic mass is 32.1. The molecule has 16 heavy (non-hydrogen) atoms. The van der Waals surface area contributed by atoms with Crippen molar-refractivity contribution in [3.63, 3.8) is 0 Å². The molecule has 0 amide bonds. The summed E-state index contributed by atoms with van der Waals surface area (Å²) < 4.78 is 9.38. The van der Waals surface area contributed by atoms with Gasteiger partial charge in [0.05, 0.1) is 11.3 Å². The zero-order valence-corrected chi connectivity index (χ0v) is 10.6. The molecule has 0 unspecified atom stereocenters. The number of aryl methyl sites for hydroxylation is 1. The molecule has 0 aliphatic rings. The van der Waals surface area contributed by atoms with Gasteiger partial charge in [0, 0.05) is 5.41 Å². The zero-order valence-electron chi connectivity index (χ0n) is 9.74. The van der Waals surface area contributed by atoms with Crippen LogP contribution in [0.3, 0.4) is 0 Å². The first-order valence-electron chi connectivity index (χ1n) is 4.96. The molecular formula is C10H14N4OS. The summed E-state index contributed by atoms with van der Waals surface area (Å²) in [7, 11) is 0. The standard InChI is InChI=1S/C10H14N4OS/c1-5-6(7(11)16-14-5)8-12-9(13-15-8)10(2,3)4/h11H2,1-4H3. The molecule has 2 aromatic heterocycles. The highest BCUT2D eigenvalue weighted by Crippen LogP contribution is 2.32. The molecule has 0 spiro atoms. The van der Waals surface area contributed by atoms with E-state index < -0.39 is 0 Å². The van der Waals surface area contributed by atoms with Gasteiger partial charge in [0.1, 0.15) is 5.00 Å². The number of aromatic nitrogens is 3. The van der Waals surface area contributed by atoms with Crippen molar-refractivity contribution in [2.24, 2.45) is 0 Å². The second kappa shape index (κ2) is 3.55. The van der Waals surface area contributed by atoms with E-state index in [4.69, 9.17) is 10.3 Å². The van der Waals surface area contributed by atoms with Crippen LogP contribution in [0.4, 0.5) is 5.00 Å². The number of anilines is 1. The number of hydrogen-bond acceptors (Lipinski definition) is 6. The van der Waals surface area contributed by atoms with Gasteiger partial charge in [-0.3, -0.25) is 0 Å². The first-order chi connectivity index (χ1) is 7.39. The van der Waals surface area contributed by atoms with Crippen LogP contribution in [-0.2, 0) is 5.41 Å². The van der Waals surface area contributed by atoms with Crippen molar-refractivity contribution >= 4 is 16.5 Å². The van der Waals surface area contributed by atoms with Gasteiger partial charge in [-0.2, -0.15) is 9.36 Å². The third-order valence-corrected chi connectivity index (χ3v) is 2.97. The average molecular weight is 238 g/mol. The van der Waals surface area contributed by atoms with E-state index in [1.807, 2.05) is 27.7 Å². The molecule has 0 atom stereocenters. The van der Waals surface area contributed by atoms with Gasteiger partial charge in [-0.25, -0.2) is 0 Å². The maximum Gasteiger partial charge on any atom is 0.262 e. The van der Waals surface area contributed by atoms with Gasteiger partial charge >= 0.3 is 0 Å². The summed E-state index contributed by atoms with van der Waals surface area (Å²) in [5.41, 5.74) is 7.27.